The van der Waals surface area contributed by atoms with Gasteiger partial charge in [-0.25, -0.2) is 4.79 Å². The molecule has 0 fully saturated rings. The number of hydrogen-bond donors (Lipinski definition) is 0. The highest BCUT2D eigenvalue weighted by Gasteiger charge is 2.26. The summed E-state index contributed by atoms with van der Waals surface area (Å²) in [6.07, 6.45) is 1.36. The van der Waals surface area contributed by atoms with E-state index >= 15 is 0 Å². The quantitative estimate of drug-likeness (QED) is 0.603. The minimum atomic E-state index is -0.391. The highest BCUT2D eigenvalue weighted by molar-refractivity contribution is 6.35. The molecule has 1 heterocycles. The Balaban J connectivity index is 1.89. The molecule has 2 aromatic carbocycles. The van der Waals surface area contributed by atoms with Crippen LogP contribution in [0.1, 0.15) is 15.9 Å². The number of carbonyl (C=O) groups is 1. The standard InChI is InChI=1S/C15H8Cl2O3/c16-9-5-6-13(12(17)7-9)19-8-14-10-3-1-2-4-11(10)15(18)20-14/h1-8H. The number of fused-ring (bicyclic) bond motifs is 1. The molecule has 0 bridgehead atoms. The molecular weight excluding hydrogens is 299 g/mol. The Labute approximate surface area is 125 Å². The van der Waals surface area contributed by atoms with E-state index in [9.17, 15) is 4.79 Å². The Kier molecular flexibility index (Phi) is 3.38. The van der Waals surface area contributed by atoms with Gasteiger partial charge in [0.1, 0.15) is 12.0 Å². The molecule has 0 radical (unpaired) electrons. The molecule has 100 valence electrons. The van der Waals surface area contributed by atoms with Crippen LogP contribution in [0.4, 0.5) is 0 Å². The van der Waals surface area contributed by atoms with Gasteiger partial charge in [-0.3, -0.25) is 0 Å². The number of carbonyl (C=O) groups excluding carboxylic acids is 1. The number of hydrogen-bond acceptors (Lipinski definition) is 3. The summed E-state index contributed by atoms with van der Waals surface area (Å²) in [5, 5.41) is 0.902. The average molecular weight is 307 g/mol. The molecule has 1 aliphatic heterocycles. The number of esters is 1. The van der Waals surface area contributed by atoms with E-state index < -0.39 is 5.97 Å². The Hall–Kier alpha value is -1.97. The minimum absolute atomic E-state index is 0.358. The van der Waals surface area contributed by atoms with Crippen molar-refractivity contribution in [2.24, 2.45) is 0 Å². The highest BCUT2D eigenvalue weighted by atomic mass is 35.5. The summed E-state index contributed by atoms with van der Waals surface area (Å²) in [6, 6.07) is 12.0. The largest absolute Gasteiger partial charge is 0.460 e. The zero-order valence-corrected chi connectivity index (χ0v) is 11.6. The van der Waals surface area contributed by atoms with E-state index in [1.165, 1.54) is 6.26 Å². The smallest absolute Gasteiger partial charge is 0.344 e. The van der Waals surface area contributed by atoms with Gasteiger partial charge in [0.2, 0.25) is 0 Å². The van der Waals surface area contributed by atoms with E-state index in [2.05, 4.69) is 0 Å². The molecule has 0 unspecified atom stereocenters. The SMILES string of the molecule is O=C1OC(=COc2ccc(Cl)cc2Cl)c2ccccc21. The molecule has 0 spiro atoms. The van der Waals surface area contributed by atoms with E-state index in [1.807, 2.05) is 6.07 Å². The lowest BCUT2D eigenvalue weighted by Gasteiger charge is -2.04. The summed E-state index contributed by atoms with van der Waals surface area (Å²) < 4.78 is 10.6. The predicted molar refractivity (Wildman–Crippen MR) is 76.9 cm³/mol. The first-order chi connectivity index (χ1) is 9.65. The van der Waals surface area contributed by atoms with Crippen LogP contribution in [0.25, 0.3) is 5.76 Å². The Bertz CT molecular complexity index is 723. The molecule has 0 saturated carbocycles. The van der Waals surface area contributed by atoms with Crippen LogP contribution in [0.15, 0.2) is 48.7 Å². The van der Waals surface area contributed by atoms with Crippen molar-refractivity contribution in [3.8, 4) is 5.75 Å². The zero-order chi connectivity index (χ0) is 14.1. The molecule has 0 aliphatic carbocycles. The maximum atomic E-state index is 11.6. The molecule has 0 aromatic heterocycles. The molecular formula is C15H8Cl2O3. The Morgan fingerprint density at radius 3 is 2.55 bits per heavy atom. The maximum absolute atomic E-state index is 11.6. The molecule has 2 aromatic rings. The van der Waals surface area contributed by atoms with Crippen LogP contribution in [0, 0.1) is 0 Å². The van der Waals surface area contributed by atoms with E-state index in [-0.39, 0.29) is 0 Å². The van der Waals surface area contributed by atoms with Crippen molar-refractivity contribution in [3.63, 3.8) is 0 Å². The van der Waals surface area contributed by atoms with Gasteiger partial charge in [-0.05, 0) is 24.3 Å². The number of benzene rings is 2. The number of ether oxygens (including phenoxy) is 2. The number of rotatable bonds is 2. The molecule has 1 aliphatic rings. The summed E-state index contributed by atoms with van der Waals surface area (Å²) >= 11 is 11.8. The predicted octanol–water partition coefficient (Wildman–Crippen LogP) is 4.54. The zero-order valence-electron chi connectivity index (χ0n) is 10.1. The van der Waals surface area contributed by atoms with Crippen LogP contribution in [0.3, 0.4) is 0 Å². The molecule has 20 heavy (non-hydrogen) atoms. The fourth-order valence-corrected chi connectivity index (χ4v) is 2.31. The van der Waals surface area contributed by atoms with Gasteiger partial charge < -0.3 is 9.47 Å². The second-order valence-electron chi connectivity index (χ2n) is 4.11. The molecule has 5 heteroatoms. The van der Waals surface area contributed by atoms with Gasteiger partial charge in [0.25, 0.3) is 0 Å². The Morgan fingerprint density at radius 2 is 1.80 bits per heavy atom. The molecule has 3 nitrogen and oxygen atoms in total. The monoisotopic (exact) mass is 306 g/mol. The number of cyclic esters (lactones) is 1. The first-order valence-corrected chi connectivity index (χ1v) is 6.54. The van der Waals surface area contributed by atoms with Crippen molar-refractivity contribution >= 4 is 34.9 Å². The van der Waals surface area contributed by atoms with Crippen molar-refractivity contribution < 1.29 is 14.3 Å². The molecule has 0 amide bonds. The van der Waals surface area contributed by atoms with Gasteiger partial charge in [0, 0.05) is 10.6 Å². The third-order valence-corrected chi connectivity index (χ3v) is 3.33. The van der Waals surface area contributed by atoms with E-state index in [1.54, 1.807) is 36.4 Å². The van der Waals surface area contributed by atoms with Gasteiger partial charge in [0.05, 0.1) is 10.6 Å². The van der Waals surface area contributed by atoms with Crippen LogP contribution >= 0.6 is 23.2 Å². The summed E-state index contributed by atoms with van der Waals surface area (Å²) in [6.45, 7) is 0. The van der Waals surface area contributed by atoms with Crippen molar-refractivity contribution in [2.45, 2.75) is 0 Å². The number of halogens is 2. The van der Waals surface area contributed by atoms with E-state index in [0.29, 0.717) is 32.7 Å². The molecule has 0 saturated heterocycles. The van der Waals surface area contributed by atoms with Crippen LogP contribution in [0.5, 0.6) is 5.75 Å². The fourth-order valence-electron chi connectivity index (χ4n) is 1.86. The summed E-state index contributed by atoms with van der Waals surface area (Å²) in [7, 11) is 0. The van der Waals surface area contributed by atoms with E-state index in [4.69, 9.17) is 32.7 Å². The van der Waals surface area contributed by atoms with Crippen molar-refractivity contribution in [1.82, 2.24) is 0 Å². The molecule has 0 atom stereocenters. The van der Waals surface area contributed by atoms with Gasteiger partial charge in [-0.1, -0.05) is 41.4 Å². The summed E-state index contributed by atoms with van der Waals surface area (Å²) in [5.41, 5.74) is 1.21. The Morgan fingerprint density at radius 1 is 1.05 bits per heavy atom. The lowest BCUT2D eigenvalue weighted by atomic mass is 10.1. The van der Waals surface area contributed by atoms with E-state index in [0.717, 1.165) is 0 Å². The average Bonchev–Trinajstić information content (AvgIpc) is 2.75. The van der Waals surface area contributed by atoms with Crippen molar-refractivity contribution in [2.75, 3.05) is 0 Å². The second-order valence-corrected chi connectivity index (χ2v) is 4.95. The van der Waals surface area contributed by atoms with Crippen LogP contribution < -0.4 is 4.74 Å². The van der Waals surface area contributed by atoms with Crippen molar-refractivity contribution in [3.05, 3.63) is 69.9 Å². The third kappa shape index (κ3) is 2.38. The maximum Gasteiger partial charge on any atom is 0.344 e. The van der Waals surface area contributed by atoms with Gasteiger partial charge in [0.15, 0.2) is 5.76 Å². The normalized spacial score (nSPS) is 15.1. The third-order valence-electron chi connectivity index (χ3n) is 2.80. The van der Waals surface area contributed by atoms with Crippen LogP contribution in [-0.2, 0) is 4.74 Å². The van der Waals surface area contributed by atoms with Gasteiger partial charge in [-0.15, -0.1) is 0 Å². The first-order valence-electron chi connectivity index (χ1n) is 5.78. The highest BCUT2D eigenvalue weighted by Crippen LogP contribution is 2.32. The van der Waals surface area contributed by atoms with Crippen LogP contribution in [-0.4, -0.2) is 5.97 Å². The van der Waals surface area contributed by atoms with Gasteiger partial charge in [-0.2, -0.15) is 0 Å². The lowest BCUT2D eigenvalue weighted by molar-refractivity contribution is 0.0712. The second kappa shape index (κ2) is 5.19. The minimum Gasteiger partial charge on any atom is -0.460 e. The van der Waals surface area contributed by atoms with Gasteiger partial charge >= 0.3 is 5.97 Å². The summed E-state index contributed by atoms with van der Waals surface area (Å²) in [4.78, 5) is 11.6. The summed E-state index contributed by atoms with van der Waals surface area (Å²) in [5.74, 6) is 0.401. The molecule has 3 rings (SSSR count). The van der Waals surface area contributed by atoms with Crippen LogP contribution in [0.2, 0.25) is 10.0 Å². The lowest BCUT2D eigenvalue weighted by Crippen LogP contribution is -1.92. The molecule has 0 N–H and O–H groups in total. The topological polar surface area (TPSA) is 35.5 Å². The fraction of sp³-hybridized carbons (Fsp3) is 0. The first kappa shape index (κ1) is 13.0. The van der Waals surface area contributed by atoms with Crippen molar-refractivity contribution in [1.29, 1.82) is 0 Å².